The van der Waals surface area contributed by atoms with Gasteiger partial charge in [0.25, 0.3) is 0 Å². The maximum Gasteiger partial charge on any atom is 0.0566 e. The molecule has 2 heteroatoms. The smallest absolute Gasteiger partial charge is 0.0566 e. The Kier molecular flexibility index (Phi) is 13.7. The average molecular weight is 221 g/mol. The molecule has 0 saturated carbocycles. The van der Waals surface area contributed by atoms with Crippen LogP contribution in [0.1, 0.15) is 58.8 Å². The van der Waals surface area contributed by atoms with Gasteiger partial charge in [-0.3, -0.25) is 0 Å². The van der Waals surface area contributed by atoms with Gasteiger partial charge in [-0.15, -0.1) is 0 Å². The van der Waals surface area contributed by atoms with E-state index in [-0.39, 0.29) is 0 Å². The molecule has 0 spiro atoms. The highest BCUT2D eigenvalue weighted by atomic mass is 32.0. The Labute approximate surface area is 88.1 Å². The van der Waals surface area contributed by atoms with Gasteiger partial charge in [0.1, 0.15) is 0 Å². The van der Waals surface area contributed by atoms with E-state index >= 15 is 0 Å². The predicted molar refractivity (Wildman–Crippen MR) is 71.4 cm³/mol. The van der Waals surface area contributed by atoms with Gasteiger partial charge in [0.05, 0.1) is 6.16 Å². The molecular formula is C11H27P2+. The molecule has 0 aliphatic carbocycles. The molecule has 2 unspecified atom stereocenters. The largest absolute Gasteiger partial charge is 0.0654 e. The second-order valence-corrected chi connectivity index (χ2v) is 8.06. The number of rotatable bonds is 10. The minimum absolute atomic E-state index is 0.834. The average Bonchev–Trinajstić information content (AvgIpc) is 2.16. The van der Waals surface area contributed by atoms with Gasteiger partial charge in [-0.2, -0.15) is 0 Å². The van der Waals surface area contributed by atoms with Crippen molar-refractivity contribution in [2.75, 3.05) is 12.3 Å². The lowest BCUT2D eigenvalue weighted by Gasteiger charge is -1.98. The van der Waals surface area contributed by atoms with Crippen molar-refractivity contribution < 1.29 is 0 Å². The van der Waals surface area contributed by atoms with Crippen LogP contribution < -0.4 is 0 Å². The summed E-state index contributed by atoms with van der Waals surface area (Å²) >= 11 is 0. The highest BCUT2D eigenvalue weighted by Crippen LogP contribution is 2.37. The fraction of sp³-hybridized carbons (Fsp3) is 1.00. The Morgan fingerprint density at radius 1 is 0.846 bits per heavy atom. The minimum atomic E-state index is 0.834. The number of hydrogen-bond acceptors (Lipinski definition) is 0. The van der Waals surface area contributed by atoms with E-state index in [1.807, 2.05) is 0 Å². The standard InChI is InChI=1S/C11H26P2/c1-3-5-6-7-8-9-11-13-12-10-4-2/h12-13H,3-11H2,1-2H3/p+1. The SMILES string of the molecule is CCCCCCCCP[PH2+]CCC. The predicted octanol–water partition coefficient (Wildman–Crippen LogP) is 4.76. The summed E-state index contributed by atoms with van der Waals surface area (Å²) in [6.45, 7) is 4.59. The molecule has 0 aliphatic heterocycles. The molecule has 0 N–H and O–H groups in total. The summed E-state index contributed by atoms with van der Waals surface area (Å²) in [6.07, 6.45) is 13.3. The molecular weight excluding hydrogens is 194 g/mol. The summed E-state index contributed by atoms with van der Waals surface area (Å²) in [5.41, 5.74) is 0. The van der Waals surface area contributed by atoms with Gasteiger partial charge < -0.3 is 0 Å². The molecule has 0 aromatic rings. The summed E-state index contributed by atoms with van der Waals surface area (Å²) < 4.78 is 0. The molecule has 0 aliphatic rings. The molecule has 0 saturated heterocycles. The van der Waals surface area contributed by atoms with Crippen molar-refractivity contribution in [1.82, 2.24) is 0 Å². The minimum Gasteiger partial charge on any atom is -0.0654 e. The van der Waals surface area contributed by atoms with E-state index in [1.165, 1.54) is 59.4 Å². The summed E-state index contributed by atoms with van der Waals surface area (Å²) in [6, 6.07) is 0. The van der Waals surface area contributed by atoms with Crippen LogP contribution in [-0.2, 0) is 0 Å². The van der Waals surface area contributed by atoms with E-state index in [0.717, 1.165) is 8.27 Å². The van der Waals surface area contributed by atoms with Crippen molar-refractivity contribution in [2.45, 2.75) is 58.8 Å². The zero-order valence-corrected chi connectivity index (χ0v) is 11.6. The third-order valence-electron chi connectivity index (χ3n) is 2.25. The Bertz CT molecular complexity index is 74.2. The lowest BCUT2D eigenvalue weighted by molar-refractivity contribution is 0.627. The molecule has 0 fully saturated rings. The highest BCUT2D eigenvalue weighted by molar-refractivity contribution is 8.11. The first-order chi connectivity index (χ1) is 6.41. The van der Waals surface area contributed by atoms with Crippen LogP contribution in [0.4, 0.5) is 0 Å². The normalized spacial score (nSPS) is 12.5. The Morgan fingerprint density at radius 2 is 1.54 bits per heavy atom. The lowest BCUT2D eigenvalue weighted by Crippen LogP contribution is -1.79. The van der Waals surface area contributed by atoms with Crippen LogP contribution in [0.2, 0.25) is 0 Å². The number of unbranched alkanes of at least 4 members (excludes halogenated alkanes) is 5. The van der Waals surface area contributed by atoms with E-state index in [9.17, 15) is 0 Å². The van der Waals surface area contributed by atoms with Crippen molar-refractivity contribution in [1.29, 1.82) is 0 Å². The van der Waals surface area contributed by atoms with E-state index < -0.39 is 0 Å². The maximum absolute atomic E-state index is 2.31. The summed E-state index contributed by atoms with van der Waals surface area (Å²) in [5, 5.41) is 0. The van der Waals surface area contributed by atoms with E-state index in [1.54, 1.807) is 6.16 Å². The Hall–Kier alpha value is 0.860. The van der Waals surface area contributed by atoms with Crippen molar-refractivity contribution >= 4 is 16.5 Å². The summed E-state index contributed by atoms with van der Waals surface area (Å²) in [7, 11) is 2.17. The van der Waals surface area contributed by atoms with E-state index in [2.05, 4.69) is 13.8 Å². The molecule has 2 atom stereocenters. The zero-order chi connectivity index (χ0) is 9.78. The molecule has 80 valence electrons. The molecule has 0 rings (SSSR count). The van der Waals surface area contributed by atoms with Crippen LogP contribution >= 0.6 is 16.5 Å². The molecule has 0 bridgehead atoms. The summed E-state index contributed by atoms with van der Waals surface area (Å²) in [5.74, 6) is 0. The Morgan fingerprint density at radius 3 is 2.23 bits per heavy atom. The zero-order valence-electron chi connectivity index (χ0n) is 9.44. The third-order valence-corrected chi connectivity index (χ3v) is 6.65. The van der Waals surface area contributed by atoms with Crippen LogP contribution in [0.3, 0.4) is 0 Å². The second-order valence-electron chi connectivity index (χ2n) is 3.71. The van der Waals surface area contributed by atoms with Crippen molar-refractivity contribution in [3.8, 4) is 0 Å². The van der Waals surface area contributed by atoms with Gasteiger partial charge in [0.2, 0.25) is 0 Å². The molecule has 0 amide bonds. The van der Waals surface area contributed by atoms with Crippen molar-refractivity contribution in [3.63, 3.8) is 0 Å². The monoisotopic (exact) mass is 221 g/mol. The van der Waals surface area contributed by atoms with Crippen LogP contribution in [0.25, 0.3) is 0 Å². The summed E-state index contributed by atoms with van der Waals surface area (Å²) in [4.78, 5) is 0. The molecule has 13 heavy (non-hydrogen) atoms. The highest BCUT2D eigenvalue weighted by Gasteiger charge is 1.94. The second kappa shape index (κ2) is 12.9. The van der Waals surface area contributed by atoms with Crippen LogP contribution in [0.15, 0.2) is 0 Å². The third kappa shape index (κ3) is 12.9. The van der Waals surface area contributed by atoms with Crippen LogP contribution in [0, 0.1) is 0 Å². The van der Waals surface area contributed by atoms with E-state index in [0.29, 0.717) is 0 Å². The van der Waals surface area contributed by atoms with Gasteiger partial charge in [-0.1, -0.05) is 46.0 Å². The van der Waals surface area contributed by atoms with Crippen LogP contribution in [-0.4, -0.2) is 12.3 Å². The molecule has 0 radical (unpaired) electrons. The first-order valence-corrected chi connectivity index (χ1v) is 9.80. The van der Waals surface area contributed by atoms with Gasteiger partial charge in [-0.25, -0.2) is 0 Å². The fourth-order valence-electron chi connectivity index (χ4n) is 1.36. The topological polar surface area (TPSA) is 0 Å². The molecule has 0 aromatic carbocycles. The van der Waals surface area contributed by atoms with Gasteiger partial charge >= 0.3 is 0 Å². The van der Waals surface area contributed by atoms with E-state index in [4.69, 9.17) is 0 Å². The van der Waals surface area contributed by atoms with Gasteiger partial charge in [0.15, 0.2) is 0 Å². The van der Waals surface area contributed by atoms with Crippen molar-refractivity contribution in [2.24, 2.45) is 0 Å². The molecule has 0 aromatic heterocycles. The number of hydrogen-bond donors (Lipinski definition) is 0. The van der Waals surface area contributed by atoms with Crippen molar-refractivity contribution in [3.05, 3.63) is 0 Å². The van der Waals surface area contributed by atoms with Crippen LogP contribution in [0.5, 0.6) is 0 Å². The lowest BCUT2D eigenvalue weighted by atomic mass is 10.1. The molecule has 0 nitrogen and oxygen atoms in total. The maximum atomic E-state index is 2.31. The Balaban J connectivity index is 2.76. The quantitative estimate of drug-likeness (QED) is 0.368. The fourth-order valence-corrected chi connectivity index (χ4v) is 5.21. The first-order valence-electron chi connectivity index (χ1n) is 5.96. The van der Waals surface area contributed by atoms with Gasteiger partial charge in [-0.05, 0) is 19.0 Å². The van der Waals surface area contributed by atoms with Gasteiger partial charge in [0, 0.05) is 16.5 Å². The first kappa shape index (κ1) is 13.9. The molecule has 0 heterocycles.